The molecule has 0 spiro atoms. The van der Waals surface area contributed by atoms with Gasteiger partial charge in [-0.25, -0.2) is 4.39 Å². The Morgan fingerprint density at radius 1 is 1.19 bits per heavy atom. The summed E-state index contributed by atoms with van der Waals surface area (Å²) < 4.78 is 13.2. The van der Waals surface area contributed by atoms with E-state index in [-0.39, 0.29) is 5.82 Å². The highest BCUT2D eigenvalue weighted by molar-refractivity contribution is 5.47. The third-order valence-electron chi connectivity index (χ3n) is 3.51. The minimum absolute atomic E-state index is 0.147. The van der Waals surface area contributed by atoms with Crippen molar-refractivity contribution in [3.63, 3.8) is 0 Å². The van der Waals surface area contributed by atoms with E-state index in [0.717, 1.165) is 11.3 Å². The normalized spacial score (nSPS) is 25.4. The smallest absolute Gasteiger partial charge is 0.125 e. The van der Waals surface area contributed by atoms with Crippen LogP contribution in [0.5, 0.6) is 0 Å². The van der Waals surface area contributed by atoms with E-state index in [1.165, 1.54) is 25.7 Å². The lowest BCUT2D eigenvalue weighted by Crippen LogP contribution is -2.30. The maximum Gasteiger partial charge on any atom is 0.125 e. The highest BCUT2D eigenvalue weighted by atomic mass is 19.1. The number of hydrogen-bond acceptors (Lipinski definition) is 1. The van der Waals surface area contributed by atoms with Gasteiger partial charge in [0.15, 0.2) is 0 Å². The molecule has 0 heterocycles. The van der Waals surface area contributed by atoms with Crippen molar-refractivity contribution in [3.8, 4) is 0 Å². The molecule has 0 bridgehead atoms. The summed E-state index contributed by atoms with van der Waals surface area (Å²) in [5.41, 5.74) is 1.90. The van der Waals surface area contributed by atoms with Gasteiger partial charge in [0.05, 0.1) is 0 Å². The molecule has 0 amide bonds. The molecule has 88 valence electrons. The van der Waals surface area contributed by atoms with Crippen LogP contribution in [0, 0.1) is 18.7 Å². The molecule has 1 nitrogen and oxygen atoms in total. The third kappa shape index (κ3) is 2.75. The first-order valence-electron chi connectivity index (χ1n) is 6.19. The molecule has 0 radical (unpaired) electrons. The molecule has 2 unspecified atom stereocenters. The van der Waals surface area contributed by atoms with Crippen molar-refractivity contribution in [1.82, 2.24) is 0 Å². The van der Waals surface area contributed by atoms with Crippen LogP contribution in [0.3, 0.4) is 0 Å². The molecule has 1 aliphatic carbocycles. The Morgan fingerprint density at radius 2 is 1.94 bits per heavy atom. The van der Waals surface area contributed by atoms with Crippen molar-refractivity contribution < 1.29 is 4.39 Å². The summed E-state index contributed by atoms with van der Waals surface area (Å²) in [6, 6.07) is 5.68. The van der Waals surface area contributed by atoms with Crippen molar-refractivity contribution in [2.75, 3.05) is 5.32 Å². The number of aryl methyl sites for hydroxylation is 1. The first kappa shape index (κ1) is 11.4. The summed E-state index contributed by atoms with van der Waals surface area (Å²) in [6.45, 7) is 4.21. The van der Waals surface area contributed by atoms with Crippen LogP contribution in [-0.2, 0) is 0 Å². The van der Waals surface area contributed by atoms with Gasteiger partial charge in [-0.3, -0.25) is 0 Å². The highest BCUT2D eigenvalue weighted by Gasteiger charge is 2.20. The fourth-order valence-electron chi connectivity index (χ4n) is 2.56. The summed E-state index contributed by atoms with van der Waals surface area (Å²) in [6.07, 6.45) is 5.11. The van der Waals surface area contributed by atoms with Crippen LogP contribution in [0.4, 0.5) is 10.1 Å². The van der Waals surface area contributed by atoms with Crippen LogP contribution >= 0.6 is 0 Å². The van der Waals surface area contributed by atoms with Crippen LogP contribution in [0.1, 0.15) is 38.2 Å². The topological polar surface area (TPSA) is 12.0 Å². The zero-order valence-electron chi connectivity index (χ0n) is 10.1. The molecule has 0 saturated heterocycles. The van der Waals surface area contributed by atoms with Gasteiger partial charge in [-0.2, -0.15) is 0 Å². The lowest BCUT2D eigenvalue weighted by molar-refractivity contribution is 0.349. The fraction of sp³-hybridized carbons (Fsp3) is 0.571. The second kappa shape index (κ2) is 4.86. The summed E-state index contributed by atoms with van der Waals surface area (Å²) >= 11 is 0. The third-order valence-corrected chi connectivity index (χ3v) is 3.51. The first-order chi connectivity index (χ1) is 7.65. The maximum atomic E-state index is 13.2. The van der Waals surface area contributed by atoms with Gasteiger partial charge >= 0.3 is 0 Å². The first-order valence-corrected chi connectivity index (χ1v) is 6.19. The average molecular weight is 221 g/mol. The van der Waals surface area contributed by atoms with Crippen LogP contribution in [0.25, 0.3) is 0 Å². The Morgan fingerprint density at radius 3 is 2.62 bits per heavy atom. The lowest BCUT2D eigenvalue weighted by Gasteiger charge is -2.30. The largest absolute Gasteiger partial charge is 0.382 e. The van der Waals surface area contributed by atoms with Gasteiger partial charge in [0.2, 0.25) is 0 Å². The van der Waals surface area contributed by atoms with E-state index in [2.05, 4.69) is 12.2 Å². The van der Waals surface area contributed by atoms with Crippen LogP contribution in [0.15, 0.2) is 18.2 Å². The standard InChI is InChI=1S/C14H20FN/c1-10-7-12(15)9-13(8-10)16-14-6-4-3-5-11(14)2/h7-9,11,14,16H,3-6H2,1-2H3. The Labute approximate surface area is 97.1 Å². The Kier molecular flexibility index (Phi) is 3.47. The van der Waals surface area contributed by atoms with Crippen LogP contribution < -0.4 is 5.32 Å². The molecular formula is C14H20FN. The van der Waals surface area contributed by atoms with E-state index in [1.54, 1.807) is 12.1 Å². The number of rotatable bonds is 2. The summed E-state index contributed by atoms with van der Waals surface area (Å²) in [5.74, 6) is 0.545. The maximum absolute atomic E-state index is 13.2. The number of halogens is 1. The van der Waals surface area contributed by atoms with Crippen LogP contribution in [0.2, 0.25) is 0 Å². The molecule has 0 aliphatic heterocycles. The predicted molar refractivity (Wildman–Crippen MR) is 66.2 cm³/mol. The zero-order valence-corrected chi connectivity index (χ0v) is 10.1. The van der Waals surface area contributed by atoms with Gasteiger partial charge in [-0.1, -0.05) is 19.8 Å². The van der Waals surface area contributed by atoms with Crippen molar-refractivity contribution >= 4 is 5.69 Å². The van der Waals surface area contributed by atoms with E-state index in [9.17, 15) is 4.39 Å². The SMILES string of the molecule is Cc1cc(F)cc(NC2CCCCC2C)c1. The molecule has 1 saturated carbocycles. The Hall–Kier alpha value is -1.05. The molecule has 16 heavy (non-hydrogen) atoms. The van der Waals surface area contributed by atoms with Gasteiger partial charge in [0.25, 0.3) is 0 Å². The minimum atomic E-state index is -0.147. The van der Waals surface area contributed by atoms with Crippen molar-refractivity contribution in [1.29, 1.82) is 0 Å². The quantitative estimate of drug-likeness (QED) is 0.792. The highest BCUT2D eigenvalue weighted by Crippen LogP contribution is 2.27. The van der Waals surface area contributed by atoms with E-state index in [1.807, 2.05) is 13.0 Å². The van der Waals surface area contributed by atoms with Gasteiger partial charge in [-0.05, 0) is 49.4 Å². The molecule has 0 aromatic heterocycles. The van der Waals surface area contributed by atoms with Gasteiger partial charge < -0.3 is 5.32 Å². The number of anilines is 1. The number of nitrogens with one attached hydrogen (secondary N) is 1. The van der Waals surface area contributed by atoms with E-state index in [0.29, 0.717) is 12.0 Å². The molecule has 1 N–H and O–H groups in total. The van der Waals surface area contributed by atoms with E-state index in [4.69, 9.17) is 0 Å². The second-order valence-corrected chi connectivity index (χ2v) is 5.03. The lowest BCUT2D eigenvalue weighted by atomic mass is 9.86. The molecule has 1 fully saturated rings. The van der Waals surface area contributed by atoms with Crippen LogP contribution in [-0.4, -0.2) is 6.04 Å². The number of hydrogen-bond donors (Lipinski definition) is 1. The summed E-state index contributed by atoms with van der Waals surface area (Å²) in [7, 11) is 0. The Bertz CT molecular complexity index is 342. The van der Waals surface area contributed by atoms with E-state index >= 15 is 0 Å². The van der Waals surface area contributed by atoms with Gasteiger partial charge in [-0.15, -0.1) is 0 Å². The average Bonchev–Trinajstić information content (AvgIpc) is 2.20. The summed E-state index contributed by atoms with van der Waals surface area (Å²) in [4.78, 5) is 0. The second-order valence-electron chi connectivity index (χ2n) is 5.03. The zero-order chi connectivity index (χ0) is 11.5. The molecule has 1 aromatic rings. The van der Waals surface area contributed by atoms with E-state index < -0.39 is 0 Å². The molecule has 1 aliphatic rings. The predicted octanol–water partition coefficient (Wildman–Crippen LogP) is 4.12. The Balaban J connectivity index is 2.07. The van der Waals surface area contributed by atoms with Gasteiger partial charge in [0, 0.05) is 11.7 Å². The minimum Gasteiger partial charge on any atom is -0.382 e. The van der Waals surface area contributed by atoms with Gasteiger partial charge in [0.1, 0.15) is 5.82 Å². The van der Waals surface area contributed by atoms with Crippen molar-refractivity contribution in [2.24, 2.45) is 5.92 Å². The number of benzene rings is 1. The monoisotopic (exact) mass is 221 g/mol. The molecule has 2 heteroatoms. The van der Waals surface area contributed by atoms with Crippen molar-refractivity contribution in [3.05, 3.63) is 29.6 Å². The summed E-state index contributed by atoms with van der Waals surface area (Å²) in [5, 5.41) is 3.47. The fourth-order valence-corrected chi connectivity index (χ4v) is 2.56. The molecule has 2 atom stereocenters. The molecule has 2 rings (SSSR count). The van der Waals surface area contributed by atoms with Crippen molar-refractivity contribution in [2.45, 2.75) is 45.6 Å². The molecule has 1 aromatic carbocycles. The molecular weight excluding hydrogens is 201 g/mol.